The lowest BCUT2D eigenvalue weighted by molar-refractivity contribution is -0.153. The molecule has 0 radical (unpaired) electrons. The molecule has 0 aromatic heterocycles. The summed E-state index contributed by atoms with van der Waals surface area (Å²) in [6.45, 7) is 2.08. The van der Waals surface area contributed by atoms with Crippen LogP contribution in [0.4, 0.5) is 0 Å². The van der Waals surface area contributed by atoms with Crippen LogP contribution >= 0.6 is 0 Å². The van der Waals surface area contributed by atoms with Crippen molar-refractivity contribution >= 4 is 17.8 Å². The number of carbonyl (C=O) groups is 3. The number of hydrogen-bond donors (Lipinski definition) is 1. The Bertz CT molecular complexity index is 493. The standard InChI is InChI=1S/C16H24N2O4/c1-10(19)17-8-4-7-13(17)15(20)18-12-6-3-2-5-11(12)9-14(18)16(21)22/h11-14H,2-9H2,1H3,(H,21,22). The molecule has 6 heteroatoms. The fourth-order valence-electron chi connectivity index (χ4n) is 4.57. The van der Waals surface area contributed by atoms with Crippen LogP contribution in [0.5, 0.6) is 0 Å². The molecule has 3 aliphatic rings. The minimum atomic E-state index is -0.907. The lowest BCUT2D eigenvalue weighted by atomic mass is 9.84. The second-order valence-corrected chi connectivity index (χ2v) is 6.82. The number of aliphatic carboxylic acids is 1. The molecule has 22 heavy (non-hydrogen) atoms. The number of nitrogens with zero attached hydrogens (tertiary/aromatic N) is 2. The van der Waals surface area contributed by atoms with Crippen LogP contribution in [0.2, 0.25) is 0 Å². The van der Waals surface area contributed by atoms with E-state index >= 15 is 0 Å². The third-order valence-electron chi connectivity index (χ3n) is 5.57. The molecular weight excluding hydrogens is 284 g/mol. The predicted molar refractivity (Wildman–Crippen MR) is 79.0 cm³/mol. The number of fused-ring (bicyclic) bond motifs is 1. The maximum absolute atomic E-state index is 13.0. The highest BCUT2D eigenvalue weighted by molar-refractivity contribution is 5.91. The van der Waals surface area contributed by atoms with Gasteiger partial charge < -0.3 is 14.9 Å². The smallest absolute Gasteiger partial charge is 0.326 e. The second kappa shape index (κ2) is 5.89. The Balaban J connectivity index is 1.84. The maximum atomic E-state index is 13.0. The van der Waals surface area contributed by atoms with E-state index < -0.39 is 18.1 Å². The molecule has 122 valence electrons. The summed E-state index contributed by atoms with van der Waals surface area (Å²) in [5.74, 6) is -0.835. The van der Waals surface area contributed by atoms with Gasteiger partial charge in [-0.1, -0.05) is 12.8 Å². The highest BCUT2D eigenvalue weighted by Gasteiger charge is 2.50. The van der Waals surface area contributed by atoms with E-state index in [0.717, 1.165) is 32.1 Å². The van der Waals surface area contributed by atoms with Crippen LogP contribution in [0.1, 0.15) is 51.9 Å². The zero-order valence-corrected chi connectivity index (χ0v) is 13.0. The van der Waals surface area contributed by atoms with Gasteiger partial charge >= 0.3 is 5.97 Å². The summed E-state index contributed by atoms with van der Waals surface area (Å²) in [6, 6.07) is -1.12. The largest absolute Gasteiger partial charge is 0.480 e. The number of carboxylic acid groups (broad SMARTS) is 1. The molecule has 6 nitrogen and oxygen atoms in total. The van der Waals surface area contributed by atoms with E-state index in [-0.39, 0.29) is 17.9 Å². The van der Waals surface area contributed by atoms with Gasteiger partial charge in [0.1, 0.15) is 12.1 Å². The lowest BCUT2D eigenvalue weighted by Crippen LogP contribution is -2.53. The Morgan fingerprint density at radius 1 is 1.00 bits per heavy atom. The van der Waals surface area contributed by atoms with Crippen LogP contribution in [0, 0.1) is 5.92 Å². The van der Waals surface area contributed by atoms with Gasteiger partial charge in [-0.25, -0.2) is 4.79 Å². The first-order valence-corrected chi connectivity index (χ1v) is 8.33. The van der Waals surface area contributed by atoms with Gasteiger partial charge in [-0.15, -0.1) is 0 Å². The summed E-state index contributed by atoms with van der Waals surface area (Å²) in [5.41, 5.74) is 0. The molecule has 3 rings (SSSR count). The predicted octanol–water partition coefficient (Wildman–Crippen LogP) is 1.24. The molecule has 0 aromatic carbocycles. The van der Waals surface area contributed by atoms with Gasteiger partial charge in [0.25, 0.3) is 0 Å². The molecule has 4 atom stereocenters. The van der Waals surface area contributed by atoms with Gasteiger partial charge in [-0.2, -0.15) is 0 Å². The van der Waals surface area contributed by atoms with E-state index in [9.17, 15) is 19.5 Å². The highest BCUT2D eigenvalue weighted by atomic mass is 16.4. The van der Waals surface area contributed by atoms with Crippen LogP contribution in [-0.4, -0.2) is 57.4 Å². The van der Waals surface area contributed by atoms with Gasteiger partial charge in [0.2, 0.25) is 11.8 Å². The summed E-state index contributed by atoms with van der Waals surface area (Å²) in [6.07, 6.45) is 6.12. The van der Waals surface area contributed by atoms with Crippen molar-refractivity contribution in [3.63, 3.8) is 0 Å². The molecule has 1 aliphatic carbocycles. The van der Waals surface area contributed by atoms with Crippen LogP contribution in [0.15, 0.2) is 0 Å². The first kappa shape index (κ1) is 15.3. The normalized spacial score (nSPS) is 34.6. The third-order valence-corrected chi connectivity index (χ3v) is 5.57. The van der Waals surface area contributed by atoms with E-state index in [1.54, 1.807) is 9.80 Å². The summed E-state index contributed by atoms with van der Waals surface area (Å²) in [4.78, 5) is 39.6. The summed E-state index contributed by atoms with van der Waals surface area (Å²) in [7, 11) is 0. The average molecular weight is 308 g/mol. The van der Waals surface area contributed by atoms with E-state index in [1.165, 1.54) is 6.92 Å². The fraction of sp³-hybridized carbons (Fsp3) is 0.812. The van der Waals surface area contributed by atoms with Gasteiger partial charge in [0.15, 0.2) is 0 Å². The Kier molecular flexibility index (Phi) is 4.10. The van der Waals surface area contributed by atoms with Crippen LogP contribution in [0.3, 0.4) is 0 Å². The number of carbonyl (C=O) groups excluding carboxylic acids is 2. The molecule has 3 fully saturated rings. The maximum Gasteiger partial charge on any atom is 0.326 e. The lowest BCUT2D eigenvalue weighted by Gasteiger charge is -2.36. The van der Waals surface area contributed by atoms with E-state index in [1.807, 2.05) is 0 Å². The third kappa shape index (κ3) is 2.48. The number of likely N-dealkylation sites (tertiary alicyclic amines) is 2. The van der Waals surface area contributed by atoms with Crippen LogP contribution in [-0.2, 0) is 14.4 Å². The SMILES string of the molecule is CC(=O)N1CCCC1C(=O)N1C(C(=O)O)CC2CCCCC21. The van der Waals surface area contributed by atoms with Crippen molar-refractivity contribution in [3.8, 4) is 0 Å². The Labute approximate surface area is 130 Å². The number of carboxylic acids is 1. The van der Waals surface area contributed by atoms with Crippen molar-refractivity contribution < 1.29 is 19.5 Å². The van der Waals surface area contributed by atoms with E-state index in [4.69, 9.17) is 0 Å². The molecule has 2 aliphatic heterocycles. The molecule has 2 heterocycles. The Morgan fingerprint density at radius 3 is 2.41 bits per heavy atom. The second-order valence-electron chi connectivity index (χ2n) is 6.82. The zero-order valence-electron chi connectivity index (χ0n) is 13.0. The molecule has 4 unspecified atom stereocenters. The zero-order chi connectivity index (χ0) is 15.9. The Hall–Kier alpha value is -1.59. The fourth-order valence-corrected chi connectivity index (χ4v) is 4.57. The summed E-state index contributed by atoms with van der Waals surface area (Å²) in [5, 5.41) is 9.52. The molecule has 1 N–H and O–H groups in total. The first-order chi connectivity index (χ1) is 10.5. The Morgan fingerprint density at radius 2 is 1.73 bits per heavy atom. The van der Waals surface area contributed by atoms with Gasteiger partial charge in [-0.05, 0) is 38.0 Å². The van der Waals surface area contributed by atoms with Gasteiger partial charge in [0.05, 0.1) is 0 Å². The molecule has 0 bridgehead atoms. The van der Waals surface area contributed by atoms with E-state index in [0.29, 0.717) is 25.3 Å². The van der Waals surface area contributed by atoms with Crippen molar-refractivity contribution in [2.45, 2.75) is 70.0 Å². The van der Waals surface area contributed by atoms with Crippen molar-refractivity contribution in [1.29, 1.82) is 0 Å². The quantitative estimate of drug-likeness (QED) is 0.832. The molecule has 0 spiro atoms. The molecule has 1 saturated carbocycles. The molecule has 0 aromatic rings. The minimum Gasteiger partial charge on any atom is -0.480 e. The highest BCUT2D eigenvalue weighted by Crippen LogP contribution is 2.41. The van der Waals surface area contributed by atoms with Crippen molar-refractivity contribution in [1.82, 2.24) is 9.80 Å². The van der Waals surface area contributed by atoms with Crippen molar-refractivity contribution in [2.75, 3.05) is 6.54 Å². The van der Waals surface area contributed by atoms with E-state index in [2.05, 4.69) is 0 Å². The molecule has 2 saturated heterocycles. The topological polar surface area (TPSA) is 77.9 Å². The van der Waals surface area contributed by atoms with Gasteiger partial charge in [0, 0.05) is 19.5 Å². The average Bonchev–Trinajstić information content (AvgIpc) is 3.11. The molecular formula is C16H24N2O4. The monoisotopic (exact) mass is 308 g/mol. The van der Waals surface area contributed by atoms with Crippen LogP contribution in [0.25, 0.3) is 0 Å². The number of amides is 2. The minimum absolute atomic E-state index is 0.0526. The summed E-state index contributed by atoms with van der Waals surface area (Å²) < 4.78 is 0. The summed E-state index contributed by atoms with van der Waals surface area (Å²) >= 11 is 0. The van der Waals surface area contributed by atoms with Crippen LogP contribution < -0.4 is 0 Å². The van der Waals surface area contributed by atoms with Crippen molar-refractivity contribution in [3.05, 3.63) is 0 Å². The molecule has 2 amide bonds. The first-order valence-electron chi connectivity index (χ1n) is 8.33. The number of rotatable bonds is 2. The van der Waals surface area contributed by atoms with Gasteiger partial charge in [-0.3, -0.25) is 9.59 Å². The van der Waals surface area contributed by atoms with Crippen molar-refractivity contribution in [2.24, 2.45) is 5.92 Å². The number of hydrogen-bond acceptors (Lipinski definition) is 3.